The maximum Gasteiger partial charge on any atom is 0.422 e. The van der Waals surface area contributed by atoms with Gasteiger partial charge in [-0.15, -0.1) is 0 Å². The number of aliphatic imine (C=N–C) groups is 1. The zero-order valence-electron chi connectivity index (χ0n) is 18.2. The molecule has 7 nitrogen and oxygen atoms in total. The Morgan fingerprint density at radius 1 is 1.26 bits per heavy atom. The van der Waals surface area contributed by atoms with Gasteiger partial charge in [-0.2, -0.15) is 13.2 Å². The summed E-state index contributed by atoms with van der Waals surface area (Å²) in [5, 5.41) is 0.0776. The predicted octanol–water partition coefficient (Wildman–Crippen LogP) is 3.80. The first-order valence-corrected chi connectivity index (χ1v) is 10.8. The molecule has 1 aliphatic rings. The molecule has 184 valence electrons. The normalized spacial score (nSPS) is 20.7. The number of ether oxygens (including phenoxy) is 2. The number of thioether (sulfide) groups is 1. The van der Waals surface area contributed by atoms with Crippen LogP contribution in [0.25, 0.3) is 0 Å². The molecule has 1 aromatic heterocycles. The molecule has 0 saturated carbocycles. The van der Waals surface area contributed by atoms with Crippen molar-refractivity contribution in [3.63, 3.8) is 0 Å². The number of nitrogens with zero attached hydrogens (tertiary/aromatic N) is 3. The molecule has 0 spiro atoms. The fraction of sp³-hybridized carbons (Fsp3) is 0.429. The standard InChI is InChI=1S/C21H21F5N4O3S/c1-20(6-12(9-32-2)34-19(27)30-20)13-3-11(4-14(22)18(13)23)5-16(31)15-7-29-17(8-28-15)33-10-21(24,25)26/h3-4,7-8,12H,5-6,9-10H2,1-2H3,(H2,27,30)/t12-,20-/m0/s1. The van der Waals surface area contributed by atoms with Gasteiger partial charge >= 0.3 is 6.18 Å². The lowest BCUT2D eigenvalue weighted by Crippen LogP contribution is -2.36. The highest BCUT2D eigenvalue weighted by atomic mass is 32.2. The van der Waals surface area contributed by atoms with Crippen LogP contribution < -0.4 is 10.5 Å². The van der Waals surface area contributed by atoms with Crippen LogP contribution in [-0.4, -0.2) is 52.7 Å². The molecule has 2 heterocycles. The average molecular weight is 504 g/mol. The van der Waals surface area contributed by atoms with Crippen molar-refractivity contribution in [2.75, 3.05) is 20.3 Å². The van der Waals surface area contributed by atoms with E-state index in [0.717, 1.165) is 18.5 Å². The van der Waals surface area contributed by atoms with E-state index in [9.17, 15) is 26.7 Å². The van der Waals surface area contributed by atoms with E-state index in [1.807, 2.05) is 0 Å². The minimum absolute atomic E-state index is 0.0540. The number of benzene rings is 1. The number of alkyl halides is 3. The summed E-state index contributed by atoms with van der Waals surface area (Å²) in [5.41, 5.74) is 4.66. The summed E-state index contributed by atoms with van der Waals surface area (Å²) in [5.74, 6) is -3.26. The molecule has 1 aromatic carbocycles. The first-order chi connectivity index (χ1) is 15.9. The molecule has 3 rings (SSSR count). The average Bonchev–Trinajstić information content (AvgIpc) is 2.74. The highest BCUT2D eigenvalue weighted by Crippen LogP contribution is 2.41. The molecule has 0 bridgehead atoms. The Balaban J connectivity index is 1.81. The third kappa shape index (κ3) is 6.41. The topological polar surface area (TPSA) is 99.7 Å². The molecule has 1 aliphatic heterocycles. The van der Waals surface area contributed by atoms with Gasteiger partial charge in [0.05, 0.1) is 24.5 Å². The van der Waals surface area contributed by atoms with E-state index in [1.165, 1.54) is 24.9 Å². The second-order valence-corrected chi connectivity index (χ2v) is 9.13. The summed E-state index contributed by atoms with van der Waals surface area (Å²) >= 11 is 1.28. The van der Waals surface area contributed by atoms with Crippen LogP contribution in [0, 0.1) is 11.6 Å². The number of halogens is 5. The van der Waals surface area contributed by atoms with Crippen LogP contribution >= 0.6 is 11.8 Å². The van der Waals surface area contributed by atoms with Gasteiger partial charge in [0.1, 0.15) is 5.69 Å². The number of carbonyl (C=O) groups is 1. The van der Waals surface area contributed by atoms with E-state index in [0.29, 0.717) is 13.0 Å². The molecule has 0 radical (unpaired) electrons. The summed E-state index contributed by atoms with van der Waals surface area (Å²) in [4.78, 5) is 24.3. The Morgan fingerprint density at radius 3 is 2.62 bits per heavy atom. The number of Topliss-reactive ketones (excluding diaryl/α,β-unsaturated/α-hetero) is 1. The molecule has 2 atom stereocenters. The zero-order valence-corrected chi connectivity index (χ0v) is 19.0. The van der Waals surface area contributed by atoms with Crippen molar-refractivity contribution in [3.8, 4) is 5.88 Å². The molecular weight excluding hydrogens is 483 g/mol. The van der Waals surface area contributed by atoms with Gasteiger partial charge in [0, 0.05) is 24.3 Å². The summed E-state index contributed by atoms with van der Waals surface area (Å²) in [6.07, 6.45) is -2.75. The van der Waals surface area contributed by atoms with E-state index >= 15 is 0 Å². The molecule has 0 aliphatic carbocycles. The summed E-state index contributed by atoms with van der Waals surface area (Å²) in [7, 11) is 1.52. The van der Waals surface area contributed by atoms with Crippen LogP contribution in [-0.2, 0) is 16.7 Å². The van der Waals surface area contributed by atoms with Crippen molar-refractivity contribution in [2.45, 2.75) is 36.7 Å². The van der Waals surface area contributed by atoms with Crippen molar-refractivity contribution < 1.29 is 36.2 Å². The highest BCUT2D eigenvalue weighted by molar-refractivity contribution is 8.14. The molecule has 0 fully saturated rings. The third-order valence-corrected chi connectivity index (χ3v) is 5.92. The Morgan fingerprint density at radius 2 is 2.00 bits per heavy atom. The number of ketones is 1. The third-order valence-electron chi connectivity index (χ3n) is 4.95. The molecular formula is C21H21F5N4O3S. The van der Waals surface area contributed by atoms with Gasteiger partial charge in [-0.25, -0.2) is 18.7 Å². The van der Waals surface area contributed by atoms with Crippen LogP contribution in [0.4, 0.5) is 22.0 Å². The van der Waals surface area contributed by atoms with E-state index < -0.39 is 41.6 Å². The van der Waals surface area contributed by atoms with Gasteiger partial charge in [0.15, 0.2) is 29.2 Å². The quantitative estimate of drug-likeness (QED) is 0.431. The Bertz CT molecular complexity index is 1080. The number of hydrogen-bond acceptors (Lipinski definition) is 8. The maximum atomic E-state index is 14.8. The summed E-state index contributed by atoms with van der Waals surface area (Å²) in [6.45, 7) is 0.402. The van der Waals surface area contributed by atoms with Gasteiger partial charge in [0.25, 0.3) is 0 Å². The van der Waals surface area contributed by atoms with Crippen molar-refractivity contribution in [3.05, 3.63) is 53.0 Å². The SMILES string of the molecule is COC[C@@H]1C[C@@](C)(c2cc(CC(=O)c3cnc(OCC(F)(F)F)cn3)cc(F)c2F)N=C(N)S1. The van der Waals surface area contributed by atoms with Gasteiger partial charge in [-0.1, -0.05) is 11.8 Å². The Labute approximate surface area is 196 Å². The Kier molecular flexibility index (Phi) is 7.76. The number of hydrogen-bond donors (Lipinski definition) is 1. The minimum atomic E-state index is -4.55. The van der Waals surface area contributed by atoms with E-state index in [-0.39, 0.29) is 33.7 Å². The van der Waals surface area contributed by atoms with Crippen LogP contribution in [0.15, 0.2) is 29.5 Å². The van der Waals surface area contributed by atoms with Gasteiger partial charge < -0.3 is 15.2 Å². The van der Waals surface area contributed by atoms with E-state index in [1.54, 1.807) is 6.92 Å². The molecule has 13 heteroatoms. The molecule has 34 heavy (non-hydrogen) atoms. The number of amidine groups is 1. The fourth-order valence-corrected chi connectivity index (χ4v) is 4.73. The molecule has 2 N–H and O–H groups in total. The van der Waals surface area contributed by atoms with Crippen LogP contribution in [0.2, 0.25) is 0 Å². The first kappa shape index (κ1) is 25.8. The lowest BCUT2D eigenvalue weighted by molar-refractivity contribution is -0.154. The van der Waals surface area contributed by atoms with Crippen LogP contribution in [0.3, 0.4) is 0 Å². The lowest BCUT2D eigenvalue weighted by atomic mass is 9.85. The number of aromatic nitrogens is 2. The van der Waals surface area contributed by atoms with Crippen molar-refractivity contribution in [2.24, 2.45) is 10.7 Å². The predicted molar refractivity (Wildman–Crippen MR) is 115 cm³/mol. The maximum absolute atomic E-state index is 14.8. The van der Waals surface area contributed by atoms with Crippen LogP contribution in [0.1, 0.15) is 35.0 Å². The fourth-order valence-electron chi connectivity index (χ4n) is 3.53. The second-order valence-electron chi connectivity index (χ2n) is 7.81. The Hall–Kier alpha value is -2.80. The number of rotatable bonds is 8. The number of nitrogens with two attached hydrogens (primary N) is 1. The summed E-state index contributed by atoms with van der Waals surface area (Å²) in [6, 6.07) is 2.24. The molecule has 0 unspecified atom stereocenters. The molecule has 0 amide bonds. The van der Waals surface area contributed by atoms with E-state index in [4.69, 9.17) is 10.5 Å². The minimum Gasteiger partial charge on any atom is -0.467 e. The largest absolute Gasteiger partial charge is 0.467 e. The second kappa shape index (κ2) is 10.2. The van der Waals surface area contributed by atoms with Gasteiger partial charge in [-0.3, -0.25) is 9.79 Å². The number of carbonyl (C=O) groups excluding carboxylic acids is 1. The smallest absolute Gasteiger partial charge is 0.422 e. The van der Waals surface area contributed by atoms with Gasteiger partial charge in [0.2, 0.25) is 5.88 Å². The van der Waals surface area contributed by atoms with E-state index in [2.05, 4.69) is 19.7 Å². The first-order valence-electron chi connectivity index (χ1n) is 9.94. The molecule has 2 aromatic rings. The monoisotopic (exact) mass is 504 g/mol. The molecule has 0 saturated heterocycles. The van der Waals surface area contributed by atoms with Crippen molar-refractivity contribution in [1.29, 1.82) is 0 Å². The van der Waals surface area contributed by atoms with Crippen molar-refractivity contribution in [1.82, 2.24) is 9.97 Å². The summed E-state index contributed by atoms with van der Waals surface area (Å²) < 4.78 is 75.5. The van der Waals surface area contributed by atoms with Gasteiger partial charge in [-0.05, 0) is 31.0 Å². The van der Waals surface area contributed by atoms with Crippen molar-refractivity contribution >= 4 is 22.7 Å². The zero-order chi connectivity index (χ0) is 25.1. The highest BCUT2D eigenvalue weighted by Gasteiger charge is 2.38. The van der Waals surface area contributed by atoms with Crippen LogP contribution in [0.5, 0.6) is 5.88 Å². The lowest BCUT2D eigenvalue weighted by Gasteiger charge is -2.34. The number of methoxy groups -OCH3 is 1.